The SMILES string of the molecule is CCOc1ccc(OCC)c(Sc2cc(OCC)ccc2OCC)c1. The standard InChI is InChI=1S/C20H26O4S/c1-5-21-15-9-11-17(23-7-3)19(13-15)25-20-14-16(22-6-2)10-12-18(20)24-8-4/h9-14H,5-8H2,1-4H3. The van der Waals surface area contributed by atoms with Gasteiger partial charge in [0.1, 0.15) is 23.0 Å². The molecule has 5 heteroatoms. The zero-order chi connectivity index (χ0) is 18.1. The lowest BCUT2D eigenvalue weighted by atomic mass is 10.3. The summed E-state index contributed by atoms with van der Waals surface area (Å²) in [5.41, 5.74) is 0. The van der Waals surface area contributed by atoms with Gasteiger partial charge in [-0.05, 0) is 64.1 Å². The Morgan fingerprint density at radius 3 is 1.36 bits per heavy atom. The first-order valence-electron chi connectivity index (χ1n) is 8.68. The molecule has 0 aromatic heterocycles. The van der Waals surface area contributed by atoms with Crippen LogP contribution in [-0.4, -0.2) is 26.4 Å². The predicted octanol–water partition coefficient (Wildman–Crippen LogP) is 5.43. The van der Waals surface area contributed by atoms with Crippen LogP contribution in [0.5, 0.6) is 23.0 Å². The fraction of sp³-hybridized carbons (Fsp3) is 0.400. The minimum atomic E-state index is 0.610. The van der Waals surface area contributed by atoms with E-state index in [1.54, 1.807) is 11.8 Å². The molecule has 0 unspecified atom stereocenters. The van der Waals surface area contributed by atoms with Crippen molar-refractivity contribution >= 4 is 11.8 Å². The van der Waals surface area contributed by atoms with Gasteiger partial charge in [0.05, 0.1) is 36.2 Å². The summed E-state index contributed by atoms with van der Waals surface area (Å²) in [7, 11) is 0. The van der Waals surface area contributed by atoms with Crippen LogP contribution in [0.4, 0.5) is 0 Å². The summed E-state index contributed by atoms with van der Waals surface area (Å²) < 4.78 is 22.8. The number of benzene rings is 2. The van der Waals surface area contributed by atoms with Crippen molar-refractivity contribution in [1.29, 1.82) is 0 Å². The molecule has 0 fully saturated rings. The van der Waals surface area contributed by atoms with E-state index < -0.39 is 0 Å². The fourth-order valence-electron chi connectivity index (χ4n) is 2.32. The van der Waals surface area contributed by atoms with Crippen LogP contribution >= 0.6 is 11.8 Å². The van der Waals surface area contributed by atoms with E-state index in [1.165, 1.54) is 0 Å². The Balaban J connectivity index is 2.38. The maximum atomic E-state index is 5.77. The van der Waals surface area contributed by atoms with Gasteiger partial charge in [-0.25, -0.2) is 0 Å². The maximum absolute atomic E-state index is 5.77. The molecule has 0 N–H and O–H groups in total. The van der Waals surface area contributed by atoms with Gasteiger partial charge in [0.25, 0.3) is 0 Å². The summed E-state index contributed by atoms with van der Waals surface area (Å²) in [6, 6.07) is 11.8. The molecule has 0 saturated heterocycles. The number of hydrogen-bond donors (Lipinski definition) is 0. The molecule has 0 atom stereocenters. The summed E-state index contributed by atoms with van der Waals surface area (Å²) in [6.45, 7) is 10.4. The van der Waals surface area contributed by atoms with Crippen molar-refractivity contribution in [2.75, 3.05) is 26.4 Å². The molecule has 4 nitrogen and oxygen atoms in total. The van der Waals surface area contributed by atoms with Crippen LogP contribution in [0.15, 0.2) is 46.2 Å². The van der Waals surface area contributed by atoms with Crippen molar-refractivity contribution in [2.45, 2.75) is 37.5 Å². The van der Waals surface area contributed by atoms with Crippen LogP contribution < -0.4 is 18.9 Å². The molecular formula is C20H26O4S. The van der Waals surface area contributed by atoms with Crippen LogP contribution in [0, 0.1) is 0 Å². The molecule has 0 spiro atoms. The molecule has 2 aromatic rings. The first kappa shape index (κ1) is 19.3. The van der Waals surface area contributed by atoms with Crippen molar-refractivity contribution in [2.24, 2.45) is 0 Å². The van der Waals surface area contributed by atoms with Gasteiger partial charge < -0.3 is 18.9 Å². The fourth-order valence-corrected chi connectivity index (χ4v) is 3.36. The highest BCUT2D eigenvalue weighted by Crippen LogP contribution is 2.42. The second-order valence-corrected chi connectivity index (χ2v) is 6.13. The average Bonchev–Trinajstić information content (AvgIpc) is 2.60. The topological polar surface area (TPSA) is 36.9 Å². The van der Waals surface area contributed by atoms with E-state index in [0.717, 1.165) is 32.8 Å². The van der Waals surface area contributed by atoms with Crippen LogP contribution in [0.3, 0.4) is 0 Å². The molecule has 0 aliphatic carbocycles. The highest BCUT2D eigenvalue weighted by Gasteiger charge is 2.13. The lowest BCUT2D eigenvalue weighted by Crippen LogP contribution is -1.98. The van der Waals surface area contributed by atoms with Crippen molar-refractivity contribution in [1.82, 2.24) is 0 Å². The number of ether oxygens (including phenoxy) is 4. The summed E-state index contributed by atoms with van der Waals surface area (Å²) in [6.07, 6.45) is 0. The van der Waals surface area contributed by atoms with E-state index in [2.05, 4.69) is 0 Å². The molecule has 0 saturated carbocycles. The van der Waals surface area contributed by atoms with Gasteiger partial charge in [0.15, 0.2) is 0 Å². The molecule has 0 heterocycles. The average molecular weight is 362 g/mol. The normalized spacial score (nSPS) is 10.4. The largest absolute Gasteiger partial charge is 0.494 e. The second kappa shape index (κ2) is 10.1. The van der Waals surface area contributed by atoms with Crippen LogP contribution in [0.2, 0.25) is 0 Å². The minimum Gasteiger partial charge on any atom is -0.494 e. The first-order valence-corrected chi connectivity index (χ1v) is 9.50. The zero-order valence-electron chi connectivity index (χ0n) is 15.3. The quantitative estimate of drug-likeness (QED) is 0.563. The highest BCUT2D eigenvalue weighted by atomic mass is 32.2. The van der Waals surface area contributed by atoms with Crippen LogP contribution in [0.25, 0.3) is 0 Å². The molecule has 2 aromatic carbocycles. The molecule has 0 bridgehead atoms. The van der Waals surface area contributed by atoms with Gasteiger partial charge in [0.2, 0.25) is 0 Å². The molecule has 25 heavy (non-hydrogen) atoms. The Morgan fingerprint density at radius 1 is 0.600 bits per heavy atom. The van der Waals surface area contributed by atoms with Crippen LogP contribution in [-0.2, 0) is 0 Å². The summed E-state index contributed by atoms with van der Waals surface area (Å²) in [5.74, 6) is 3.32. The maximum Gasteiger partial charge on any atom is 0.133 e. The third-order valence-electron chi connectivity index (χ3n) is 3.27. The molecule has 0 aliphatic heterocycles. The molecule has 0 amide bonds. The lowest BCUT2D eigenvalue weighted by Gasteiger charge is -2.15. The smallest absolute Gasteiger partial charge is 0.133 e. The van der Waals surface area contributed by atoms with Gasteiger partial charge in [-0.1, -0.05) is 11.8 Å². The first-order chi connectivity index (χ1) is 12.2. The van der Waals surface area contributed by atoms with Gasteiger partial charge in [-0.2, -0.15) is 0 Å². The molecule has 2 rings (SSSR count). The third-order valence-corrected chi connectivity index (χ3v) is 4.35. The van der Waals surface area contributed by atoms with E-state index in [1.807, 2.05) is 64.1 Å². The molecule has 136 valence electrons. The van der Waals surface area contributed by atoms with Crippen LogP contribution in [0.1, 0.15) is 27.7 Å². The monoisotopic (exact) mass is 362 g/mol. The van der Waals surface area contributed by atoms with E-state index in [4.69, 9.17) is 18.9 Å². The van der Waals surface area contributed by atoms with E-state index in [-0.39, 0.29) is 0 Å². The number of hydrogen-bond acceptors (Lipinski definition) is 5. The van der Waals surface area contributed by atoms with Gasteiger partial charge in [-0.3, -0.25) is 0 Å². The van der Waals surface area contributed by atoms with E-state index in [0.29, 0.717) is 26.4 Å². The Labute approximate surface area is 154 Å². The highest BCUT2D eigenvalue weighted by molar-refractivity contribution is 7.99. The van der Waals surface area contributed by atoms with Crippen molar-refractivity contribution in [3.05, 3.63) is 36.4 Å². The Kier molecular flexibility index (Phi) is 7.79. The van der Waals surface area contributed by atoms with Gasteiger partial charge >= 0.3 is 0 Å². The molecule has 0 radical (unpaired) electrons. The van der Waals surface area contributed by atoms with Crippen molar-refractivity contribution < 1.29 is 18.9 Å². The second-order valence-electron chi connectivity index (χ2n) is 5.05. The summed E-state index contributed by atoms with van der Waals surface area (Å²) in [4.78, 5) is 1.98. The third kappa shape index (κ3) is 5.49. The van der Waals surface area contributed by atoms with Crippen molar-refractivity contribution in [3.8, 4) is 23.0 Å². The Morgan fingerprint density at radius 2 is 1.00 bits per heavy atom. The predicted molar refractivity (Wildman–Crippen MR) is 102 cm³/mol. The van der Waals surface area contributed by atoms with Gasteiger partial charge in [-0.15, -0.1) is 0 Å². The minimum absolute atomic E-state index is 0.610. The molecular weight excluding hydrogens is 336 g/mol. The van der Waals surface area contributed by atoms with Crippen molar-refractivity contribution in [3.63, 3.8) is 0 Å². The Hall–Kier alpha value is -2.01. The summed E-state index contributed by atoms with van der Waals surface area (Å²) >= 11 is 1.59. The van der Waals surface area contributed by atoms with E-state index >= 15 is 0 Å². The zero-order valence-corrected chi connectivity index (χ0v) is 16.2. The van der Waals surface area contributed by atoms with E-state index in [9.17, 15) is 0 Å². The number of rotatable bonds is 10. The lowest BCUT2D eigenvalue weighted by molar-refractivity contribution is 0.321. The molecule has 0 aliphatic rings. The Bertz CT molecular complexity index is 615. The van der Waals surface area contributed by atoms with Gasteiger partial charge in [0, 0.05) is 0 Å². The summed E-state index contributed by atoms with van der Waals surface area (Å²) in [5, 5.41) is 0.